The van der Waals surface area contributed by atoms with E-state index < -0.39 is 0 Å². The topological polar surface area (TPSA) is 29.1 Å². The molecule has 0 heterocycles. The molecule has 1 amide bonds. The van der Waals surface area contributed by atoms with Crippen LogP contribution in [0.3, 0.4) is 0 Å². The van der Waals surface area contributed by atoms with E-state index in [0.717, 1.165) is 17.5 Å². The van der Waals surface area contributed by atoms with Crippen LogP contribution in [-0.2, 0) is 17.8 Å². The Balaban J connectivity index is 1.76. The van der Waals surface area contributed by atoms with Crippen LogP contribution in [-0.4, -0.2) is 5.91 Å². The van der Waals surface area contributed by atoms with E-state index in [2.05, 4.69) is 5.32 Å². The molecular weight excluding hydrogens is 241 g/mol. The second-order valence-electron chi connectivity index (χ2n) is 4.39. The minimum Gasteiger partial charge on any atom is -0.352 e. The zero-order valence-corrected chi connectivity index (χ0v) is 10.6. The number of benzene rings is 2. The van der Waals surface area contributed by atoms with Gasteiger partial charge < -0.3 is 5.32 Å². The van der Waals surface area contributed by atoms with E-state index >= 15 is 0 Å². The summed E-state index contributed by atoms with van der Waals surface area (Å²) < 4.78 is 12.9. The van der Waals surface area contributed by atoms with Gasteiger partial charge in [-0.05, 0) is 29.7 Å². The Morgan fingerprint density at radius 2 is 1.74 bits per heavy atom. The molecule has 0 aliphatic heterocycles. The molecule has 2 aromatic carbocycles. The summed E-state index contributed by atoms with van der Waals surface area (Å²) in [5.74, 6) is -0.302. The number of nitrogens with one attached hydrogen (secondary N) is 1. The van der Waals surface area contributed by atoms with E-state index in [-0.39, 0.29) is 11.7 Å². The van der Waals surface area contributed by atoms with Gasteiger partial charge in [-0.25, -0.2) is 4.39 Å². The van der Waals surface area contributed by atoms with E-state index in [1.165, 1.54) is 12.1 Å². The van der Waals surface area contributed by atoms with Crippen molar-refractivity contribution >= 4 is 5.91 Å². The number of hydrogen-bond acceptors (Lipinski definition) is 1. The van der Waals surface area contributed by atoms with Gasteiger partial charge in [-0.2, -0.15) is 0 Å². The van der Waals surface area contributed by atoms with Gasteiger partial charge in [0.2, 0.25) is 5.91 Å². The first-order valence-electron chi connectivity index (χ1n) is 6.29. The summed E-state index contributed by atoms with van der Waals surface area (Å²) in [6.45, 7) is 0.366. The van der Waals surface area contributed by atoms with Gasteiger partial charge in [-0.1, -0.05) is 42.5 Å². The maximum absolute atomic E-state index is 12.9. The second-order valence-corrected chi connectivity index (χ2v) is 4.39. The van der Waals surface area contributed by atoms with Crippen molar-refractivity contribution in [3.05, 3.63) is 71.5 Å². The van der Waals surface area contributed by atoms with Crippen LogP contribution in [0.25, 0.3) is 0 Å². The van der Waals surface area contributed by atoms with E-state index in [1.807, 2.05) is 30.3 Å². The summed E-state index contributed by atoms with van der Waals surface area (Å²) in [7, 11) is 0. The number of rotatable bonds is 5. The molecule has 0 spiro atoms. The Morgan fingerprint density at radius 1 is 1.00 bits per heavy atom. The fourth-order valence-corrected chi connectivity index (χ4v) is 1.84. The molecule has 0 aliphatic carbocycles. The molecule has 0 bridgehead atoms. The van der Waals surface area contributed by atoms with Crippen LogP contribution < -0.4 is 5.32 Å². The number of halogens is 1. The van der Waals surface area contributed by atoms with Crippen LogP contribution in [0.1, 0.15) is 17.5 Å². The summed E-state index contributed by atoms with van der Waals surface area (Å²) in [4.78, 5) is 11.7. The predicted octanol–water partition coefficient (Wildman–Crippen LogP) is 3.07. The van der Waals surface area contributed by atoms with Gasteiger partial charge in [-0.15, -0.1) is 0 Å². The molecule has 98 valence electrons. The first kappa shape index (κ1) is 13.3. The van der Waals surface area contributed by atoms with Crippen molar-refractivity contribution in [3.63, 3.8) is 0 Å². The molecule has 0 radical (unpaired) electrons. The van der Waals surface area contributed by atoms with Crippen molar-refractivity contribution in [2.45, 2.75) is 19.4 Å². The van der Waals surface area contributed by atoms with Crippen LogP contribution in [0.2, 0.25) is 0 Å². The first-order chi connectivity index (χ1) is 9.24. The van der Waals surface area contributed by atoms with Crippen LogP contribution >= 0.6 is 0 Å². The molecule has 2 rings (SSSR count). The zero-order chi connectivity index (χ0) is 13.5. The molecule has 0 saturated heterocycles. The lowest BCUT2D eigenvalue weighted by atomic mass is 10.1. The van der Waals surface area contributed by atoms with Crippen LogP contribution in [0, 0.1) is 5.82 Å². The zero-order valence-electron chi connectivity index (χ0n) is 10.6. The third kappa shape index (κ3) is 4.54. The predicted molar refractivity (Wildman–Crippen MR) is 73.0 cm³/mol. The lowest BCUT2D eigenvalue weighted by Gasteiger charge is -2.05. The van der Waals surface area contributed by atoms with Crippen molar-refractivity contribution < 1.29 is 9.18 Å². The highest BCUT2D eigenvalue weighted by atomic mass is 19.1. The van der Waals surface area contributed by atoms with Gasteiger partial charge in [0.1, 0.15) is 5.82 Å². The van der Waals surface area contributed by atoms with E-state index in [1.54, 1.807) is 12.1 Å². The molecule has 1 N–H and O–H groups in total. The SMILES string of the molecule is O=C(CCc1ccccc1)NCc1cccc(F)c1. The Labute approximate surface area is 112 Å². The van der Waals surface area contributed by atoms with Gasteiger partial charge in [0, 0.05) is 13.0 Å². The van der Waals surface area contributed by atoms with E-state index in [4.69, 9.17) is 0 Å². The molecule has 0 saturated carbocycles. The van der Waals surface area contributed by atoms with Crippen LogP contribution in [0.4, 0.5) is 4.39 Å². The molecule has 0 atom stereocenters. The normalized spacial score (nSPS) is 10.2. The minimum absolute atomic E-state index is 0.0203. The third-order valence-electron chi connectivity index (χ3n) is 2.86. The maximum Gasteiger partial charge on any atom is 0.220 e. The average molecular weight is 257 g/mol. The Bertz CT molecular complexity index is 539. The fourth-order valence-electron chi connectivity index (χ4n) is 1.84. The van der Waals surface area contributed by atoms with Gasteiger partial charge >= 0.3 is 0 Å². The number of carbonyl (C=O) groups is 1. The Hall–Kier alpha value is -2.16. The fraction of sp³-hybridized carbons (Fsp3) is 0.188. The molecule has 0 fully saturated rings. The Kier molecular flexibility index (Phi) is 4.67. The van der Waals surface area contributed by atoms with Crippen LogP contribution in [0.15, 0.2) is 54.6 Å². The van der Waals surface area contributed by atoms with Crippen molar-refractivity contribution in [3.8, 4) is 0 Å². The average Bonchev–Trinajstić information content (AvgIpc) is 2.44. The molecular formula is C16H16FNO. The third-order valence-corrected chi connectivity index (χ3v) is 2.86. The van der Waals surface area contributed by atoms with Crippen molar-refractivity contribution in [2.75, 3.05) is 0 Å². The highest BCUT2D eigenvalue weighted by Crippen LogP contribution is 2.04. The van der Waals surface area contributed by atoms with Gasteiger partial charge in [0.05, 0.1) is 0 Å². The highest BCUT2D eigenvalue weighted by molar-refractivity contribution is 5.76. The summed E-state index contributed by atoms with van der Waals surface area (Å²) in [5.41, 5.74) is 1.91. The standard InChI is InChI=1S/C16H16FNO/c17-15-8-4-7-14(11-15)12-18-16(19)10-9-13-5-2-1-3-6-13/h1-8,11H,9-10,12H2,(H,18,19). The lowest BCUT2D eigenvalue weighted by Crippen LogP contribution is -2.23. The monoisotopic (exact) mass is 257 g/mol. The maximum atomic E-state index is 12.9. The molecule has 19 heavy (non-hydrogen) atoms. The number of amides is 1. The van der Waals surface area contributed by atoms with Gasteiger partial charge in [-0.3, -0.25) is 4.79 Å². The number of aryl methyl sites for hydroxylation is 1. The lowest BCUT2D eigenvalue weighted by molar-refractivity contribution is -0.121. The first-order valence-corrected chi connectivity index (χ1v) is 6.29. The molecule has 0 aliphatic rings. The molecule has 3 heteroatoms. The molecule has 0 aromatic heterocycles. The molecule has 2 aromatic rings. The largest absolute Gasteiger partial charge is 0.352 e. The smallest absolute Gasteiger partial charge is 0.220 e. The minimum atomic E-state index is -0.281. The van der Waals surface area contributed by atoms with Crippen LogP contribution in [0.5, 0.6) is 0 Å². The van der Waals surface area contributed by atoms with E-state index in [0.29, 0.717) is 13.0 Å². The number of carbonyl (C=O) groups excluding carboxylic acids is 1. The summed E-state index contributed by atoms with van der Waals surface area (Å²) in [6.07, 6.45) is 1.16. The summed E-state index contributed by atoms with van der Waals surface area (Å²) >= 11 is 0. The van der Waals surface area contributed by atoms with E-state index in [9.17, 15) is 9.18 Å². The second kappa shape index (κ2) is 6.69. The highest BCUT2D eigenvalue weighted by Gasteiger charge is 2.02. The van der Waals surface area contributed by atoms with Crippen molar-refractivity contribution in [1.82, 2.24) is 5.32 Å². The summed E-state index contributed by atoms with van der Waals surface area (Å²) in [5, 5.41) is 2.79. The van der Waals surface area contributed by atoms with Crippen molar-refractivity contribution in [2.24, 2.45) is 0 Å². The molecule has 0 unspecified atom stereocenters. The molecule has 2 nitrogen and oxygen atoms in total. The van der Waals surface area contributed by atoms with Gasteiger partial charge in [0.15, 0.2) is 0 Å². The quantitative estimate of drug-likeness (QED) is 0.876. The number of hydrogen-bond donors (Lipinski definition) is 1. The van der Waals surface area contributed by atoms with Crippen molar-refractivity contribution in [1.29, 1.82) is 0 Å². The summed E-state index contributed by atoms with van der Waals surface area (Å²) in [6, 6.07) is 16.1. The Morgan fingerprint density at radius 3 is 2.47 bits per heavy atom. The van der Waals surface area contributed by atoms with Gasteiger partial charge in [0.25, 0.3) is 0 Å².